The largest absolute Gasteiger partial charge is 0.497 e. The second-order valence-corrected chi connectivity index (χ2v) is 4.60. The highest BCUT2D eigenvalue weighted by Crippen LogP contribution is 2.28. The van der Waals surface area contributed by atoms with Crippen molar-refractivity contribution in [1.82, 2.24) is 5.32 Å². The summed E-state index contributed by atoms with van der Waals surface area (Å²) in [5, 5.41) is 3.18. The standard InChI is InChI=1S/C14H19FN2O2/c1-3-7-16-12-6-8-17(14(12)18)13-9-10(19-2)4-5-11(13)15/h4-5,9,12,16H,3,6-8H2,1-2H3. The van der Waals surface area contributed by atoms with Crippen molar-refractivity contribution in [3.05, 3.63) is 24.0 Å². The van der Waals surface area contributed by atoms with Crippen molar-refractivity contribution in [2.24, 2.45) is 0 Å². The molecule has 1 unspecified atom stereocenters. The lowest BCUT2D eigenvalue weighted by atomic mass is 10.2. The first-order chi connectivity index (χ1) is 9.17. The molecule has 1 amide bonds. The molecule has 1 aliphatic heterocycles. The van der Waals surface area contributed by atoms with Crippen molar-refractivity contribution in [2.45, 2.75) is 25.8 Å². The lowest BCUT2D eigenvalue weighted by Gasteiger charge is -2.18. The zero-order valence-corrected chi connectivity index (χ0v) is 11.3. The van der Waals surface area contributed by atoms with E-state index in [0.29, 0.717) is 24.4 Å². The number of benzene rings is 1. The lowest BCUT2D eigenvalue weighted by Crippen LogP contribution is -2.38. The minimum absolute atomic E-state index is 0.0689. The number of carbonyl (C=O) groups excluding carboxylic acids is 1. The number of hydrogen-bond donors (Lipinski definition) is 1. The number of ether oxygens (including phenoxy) is 1. The molecule has 1 saturated heterocycles. The molecule has 0 aliphatic carbocycles. The van der Waals surface area contributed by atoms with E-state index in [1.165, 1.54) is 18.1 Å². The summed E-state index contributed by atoms with van der Waals surface area (Å²) in [7, 11) is 1.52. The number of amides is 1. The van der Waals surface area contributed by atoms with Crippen LogP contribution in [0.4, 0.5) is 10.1 Å². The normalized spacial score (nSPS) is 19.0. The molecule has 1 aromatic rings. The Morgan fingerprint density at radius 2 is 2.32 bits per heavy atom. The monoisotopic (exact) mass is 266 g/mol. The molecule has 0 spiro atoms. The molecule has 0 saturated carbocycles. The molecule has 1 aromatic carbocycles. The van der Waals surface area contributed by atoms with E-state index in [9.17, 15) is 9.18 Å². The highest BCUT2D eigenvalue weighted by Gasteiger charge is 2.33. The lowest BCUT2D eigenvalue weighted by molar-refractivity contribution is -0.118. The Morgan fingerprint density at radius 3 is 3.00 bits per heavy atom. The quantitative estimate of drug-likeness (QED) is 0.885. The van der Waals surface area contributed by atoms with Gasteiger partial charge < -0.3 is 15.0 Å². The first-order valence-corrected chi connectivity index (χ1v) is 6.55. The Balaban J connectivity index is 2.17. The fourth-order valence-electron chi connectivity index (χ4n) is 2.25. The summed E-state index contributed by atoms with van der Waals surface area (Å²) in [6.45, 7) is 3.38. The number of hydrogen-bond acceptors (Lipinski definition) is 3. The predicted octanol–water partition coefficient (Wildman–Crippen LogP) is 1.94. The molecule has 5 heteroatoms. The maximum Gasteiger partial charge on any atom is 0.244 e. The third-order valence-corrected chi connectivity index (χ3v) is 3.29. The van der Waals surface area contributed by atoms with Crippen molar-refractivity contribution >= 4 is 11.6 Å². The SMILES string of the molecule is CCCNC1CCN(c2cc(OC)ccc2F)C1=O. The number of halogens is 1. The maximum atomic E-state index is 13.8. The van der Waals surface area contributed by atoms with Crippen molar-refractivity contribution in [3.63, 3.8) is 0 Å². The summed E-state index contributed by atoms with van der Waals surface area (Å²) >= 11 is 0. The van der Waals surface area contributed by atoms with Crippen LogP contribution in [0.15, 0.2) is 18.2 Å². The zero-order valence-electron chi connectivity index (χ0n) is 11.3. The van der Waals surface area contributed by atoms with Gasteiger partial charge in [0.05, 0.1) is 18.8 Å². The molecule has 2 rings (SSSR count). The van der Waals surface area contributed by atoms with E-state index in [1.54, 1.807) is 12.1 Å². The van der Waals surface area contributed by atoms with Gasteiger partial charge >= 0.3 is 0 Å². The summed E-state index contributed by atoms with van der Waals surface area (Å²) < 4.78 is 18.9. The van der Waals surface area contributed by atoms with Crippen molar-refractivity contribution in [3.8, 4) is 5.75 Å². The number of rotatable bonds is 5. The van der Waals surface area contributed by atoms with Gasteiger partial charge in [0.1, 0.15) is 11.6 Å². The molecule has 0 radical (unpaired) electrons. The van der Waals surface area contributed by atoms with Crippen LogP contribution < -0.4 is 15.0 Å². The van der Waals surface area contributed by atoms with Crippen LogP contribution in [0.5, 0.6) is 5.75 Å². The second-order valence-electron chi connectivity index (χ2n) is 4.60. The first-order valence-electron chi connectivity index (χ1n) is 6.55. The average molecular weight is 266 g/mol. The van der Waals surface area contributed by atoms with Gasteiger partial charge in [-0.25, -0.2) is 4.39 Å². The molecular weight excluding hydrogens is 247 g/mol. The van der Waals surface area contributed by atoms with Gasteiger partial charge in [0.2, 0.25) is 5.91 Å². The van der Waals surface area contributed by atoms with Gasteiger partial charge in [-0.05, 0) is 31.5 Å². The topological polar surface area (TPSA) is 41.6 Å². The summed E-state index contributed by atoms with van der Waals surface area (Å²) in [6, 6.07) is 4.24. The van der Waals surface area contributed by atoms with Crippen LogP contribution >= 0.6 is 0 Å². The van der Waals surface area contributed by atoms with Crippen LogP contribution in [-0.2, 0) is 4.79 Å². The van der Waals surface area contributed by atoms with Gasteiger partial charge in [0.25, 0.3) is 0 Å². The van der Waals surface area contributed by atoms with Gasteiger partial charge in [-0.2, -0.15) is 0 Å². The van der Waals surface area contributed by atoms with Crippen molar-refractivity contribution < 1.29 is 13.9 Å². The molecule has 104 valence electrons. The second kappa shape index (κ2) is 6.02. The van der Waals surface area contributed by atoms with Crippen LogP contribution in [0.2, 0.25) is 0 Å². The summed E-state index contributed by atoms with van der Waals surface area (Å²) in [4.78, 5) is 13.7. The summed E-state index contributed by atoms with van der Waals surface area (Å²) in [5.74, 6) is 0.0834. The maximum absolute atomic E-state index is 13.8. The molecule has 1 atom stereocenters. The van der Waals surface area contributed by atoms with Crippen LogP contribution in [0.25, 0.3) is 0 Å². The van der Waals surface area contributed by atoms with E-state index >= 15 is 0 Å². The number of nitrogens with zero attached hydrogens (tertiary/aromatic N) is 1. The van der Waals surface area contributed by atoms with Gasteiger partial charge in [-0.1, -0.05) is 6.92 Å². The fraction of sp³-hybridized carbons (Fsp3) is 0.500. The van der Waals surface area contributed by atoms with E-state index in [1.807, 2.05) is 6.92 Å². The van der Waals surface area contributed by atoms with Crippen LogP contribution in [0.1, 0.15) is 19.8 Å². The van der Waals surface area contributed by atoms with E-state index < -0.39 is 5.82 Å². The third-order valence-electron chi connectivity index (χ3n) is 3.29. The smallest absolute Gasteiger partial charge is 0.244 e. The molecular formula is C14H19FN2O2. The number of anilines is 1. The molecule has 19 heavy (non-hydrogen) atoms. The highest BCUT2D eigenvalue weighted by molar-refractivity contribution is 5.99. The Morgan fingerprint density at radius 1 is 1.53 bits per heavy atom. The van der Waals surface area contributed by atoms with E-state index in [2.05, 4.69) is 5.32 Å². The van der Waals surface area contributed by atoms with E-state index in [-0.39, 0.29) is 11.9 Å². The molecule has 4 nitrogen and oxygen atoms in total. The zero-order chi connectivity index (χ0) is 13.8. The number of nitrogens with one attached hydrogen (secondary N) is 1. The number of methoxy groups -OCH3 is 1. The Hall–Kier alpha value is -1.62. The third kappa shape index (κ3) is 2.87. The minimum atomic E-state index is -0.398. The molecule has 0 aromatic heterocycles. The Bertz CT molecular complexity index is 465. The van der Waals surface area contributed by atoms with Crippen molar-refractivity contribution in [1.29, 1.82) is 0 Å². The van der Waals surface area contributed by atoms with Crippen LogP contribution in [-0.4, -0.2) is 32.1 Å². The molecule has 1 N–H and O–H groups in total. The molecule has 1 heterocycles. The van der Waals surface area contributed by atoms with Gasteiger partial charge in [0, 0.05) is 12.6 Å². The Labute approximate surface area is 112 Å². The van der Waals surface area contributed by atoms with Crippen LogP contribution in [0.3, 0.4) is 0 Å². The van der Waals surface area contributed by atoms with E-state index in [0.717, 1.165) is 13.0 Å². The predicted molar refractivity (Wildman–Crippen MR) is 72.0 cm³/mol. The highest BCUT2D eigenvalue weighted by atomic mass is 19.1. The van der Waals surface area contributed by atoms with Crippen molar-refractivity contribution in [2.75, 3.05) is 25.1 Å². The van der Waals surface area contributed by atoms with E-state index in [4.69, 9.17) is 4.74 Å². The Kier molecular flexibility index (Phi) is 4.37. The van der Waals surface area contributed by atoms with Gasteiger partial charge in [0.15, 0.2) is 0 Å². The fourth-order valence-corrected chi connectivity index (χ4v) is 2.25. The van der Waals surface area contributed by atoms with Gasteiger partial charge in [-0.3, -0.25) is 4.79 Å². The van der Waals surface area contributed by atoms with Crippen LogP contribution in [0, 0.1) is 5.82 Å². The first kappa shape index (κ1) is 13.8. The molecule has 1 fully saturated rings. The van der Waals surface area contributed by atoms with Gasteiger partial charge in [-0.15, -0.1) is 0 Å². The minimum Gasteiger partial charge on any atom is -0.497 e. The molecule has 0 bridgehead atoms. The average Bonchev–Trinajstić information content (AvgIpc) is 2.78. The summed E-state index contributed by atoms with van der Waals surface area (Å²) in [6.07, 6.45) is 1.67. The number of carbonyl (C=O) groups is 1. The summed E-state index contributed by atoms with van der Waals surface area (Å²) in [5.41, 5.74) is 0.296. The molecule has 1 aliphatic rings.